The number of rotatable bonds is 12. The molecule has 1 aliphatic heterocycles. The maximum Gasteiger partial charge on any atom is 0.119 e. The summed E-state index contributed by atoms with van der Waals surface area (Å²) in [4.78, 5) is 9.65. The molecule has 2 aromatic carbocycles. The number of aryl methyl sites for hydroxylation is 1. The lowest BCUT2D eigenvalue weighted by Crippen LogP contribution is -2.46. The van der Waals surface area contributed by atoms with Crippen LogP contribution in [0.1, 0.15) is 25.3 Å². The summed E-state index contributed by atoms with van der Waals surface area (Å²) < 4.78 is 9.43. The highest BCUT2D eigenvalue weighted by molar-refractivity contribution is 7.97. The fourth-order valence-corrected chi connectivity index (χ4v) is 4.92. The topological polar surface area (TPSA) is 43.5 Å². The van der Waals surface area contributed by atoms with E-state index in [0.29, 0.717) is 0 Å². The lowest BCUT2D eigenvalue weighted by Gasteiger charge is -2.33. The van der Waals surface area contributed by atoms with E-state index in [4.69, 9.17) is 4.74 Å². The molecule has 0 atom stereocenters. The van der Waals surface area contributed by atoms with E-state index in [1.807, 2.05) is 0 Å². The van der Waals surface area contributed by atoms with E-state index >= 15 is 0 Å². The summed E-state index contributed by atoms with van der Waals surface area (Å²) in [7, 11) is 0. The first-order chi connectivity index (χ1) is 15.8. The Morgan fingerprint density at radius 3 is 2.56 bits per heavy atom. The van der Waals surface area contributed by atoms with Crippen LogP contribution in [-0.2, 0) is 6.42 Å². The van der Waals surface area contributed by atoms with Gasteiger partial charge in [-0.3, -0.25) is 4.72 Å². The number of piperazine rings is 1. The third-order valence-electron chi connectivity index (χ3n) is 6.21. The summed E-state index contributed by atoms with van der Waals surface area (Å²) in [5.41, 5.74) is 2.62. The maximum absolute atomic E-state index is 5.94. The van der Waals surface area contributed by atoms with Crippen LogP contribution in [0, 0.1) is 0 Å². The van der Waals surface area contributed by atoms with Crippen molar-refractivity contribution in [1.29, 1.82) is 0 Å². The van der Waals surface area contributed by atoms with Crippen molar-refractivity contribution in [3.8, 4) is 5.75 Å². The molecule has 2 heterocycles. The number of aromatic nitrogens is 1. The molecule has 0 saturated carbocycles. The highest BCUT2D eigenvalue weighted by Gasteiger charge is 2.14. The molecule has 5 nitrogen and oxygen atoms in total. The number of nitrogens with one attached hydrogen (secondary N) is 2. The van der Waals surface area contributed by atoms with Crippen LogP contribution < -0.4 is 9.46 Å². The summed E-state index contributed by atoms with van der Waals surface area (Å²) in [6, 6.07) is 16.9. The lowest BCUT2D eigenvalue weighted by molar-refractivity contribution is 0.130. The van der Waals surface area contributed by atoms with Crippen LogP contribution in [0.4, 0.5) is 0 Å². The van der Waals surface area contributed by atoms with Gasteiger partial charge in [-0.25, -0.2) is 0 Å². The number of benzene rings is 2. The second-order valence-electron chi connectivity index (χ2n) is 8.41. The molecule has 0 bridgehead atoms. The molecule has 0 amide bonds. The van der Waals surface area contributed by atoms with Crippen molar-refractivity contribution in [3.05, 3.63) is 60.3 Å². The Kier molecular flexibility index (Phi) is 8.91. The molecule has 32 heavy (non-hydrogen) atoms. The summed E-state index contributed by atoms with van der Waals surface area (Å²) in [6.45, 7) is 11.1. The zero-order valence-electron chi connectivity index (χ0n) is 19.2. The quantitative estimate of drug-likeness (QED) is 0.305. The molecule has 1 aromatic heterocycles. The summed E-state index contributed by atoms with van der Waals surface area (Å²) in [5.74, 6) is 0.962. The second kappa shape index (κ2) is 12.3. The first kappa shape index (κ1) is 23.2. The van der Waals surface area contributed by atoms with E-state index in [2.05, 4.69) is 81.2 Å². The van der Waals surface area contributed by atoms with E-state index in [9.17, 15) is 0 Å². The zero-order chi connectivity index (χ0) is 22.0. The molecule has 3 aromatic rings. The van der Waals surface area contributed by atoms with Crippen molar-refractivity contribution in [2.75, 3.05) is 52.4 Å². The van der Waals surface area contributed by atoms with Crippen LogP contribution >= 0.6 is 11.9 Å². The zero-order valence-corrected chi connectivity index (χ0v) is 20.0. The molecule has 4 rings (SSSR count). The van der Waals surface area contributed by atoms with Gasteiger partial charge in [0.2, 0.25) is 0 Å². The Labute approximate surface area is 196 Å². The molecule has 172 valence electrons. The van der Waals surface area contributed by atoms with Gasteiger partial charge in [0.1, 0.15) is 5.75 Å². The molecule has 0 radical (unpaired) electrons. The Hall–Kier alpha value is -1.99. The molecular weight excluding hydrogens is 416 g/mol. The number of H-pyrrole nitrogens is 1. The smallest absolute Gasteiger partial charge is 0.119 e. The van der Waals surface area contributed by atoms with E-state index in [-0.39, 0.29) is 0 Å². The van der Waals surface area contributed by atoms with E-state index in [0.717, 1.165) is 44.7 Å². The Morgan fingerprint density at radius 1 is 0.969 bits per heavy atom. The van der Waals surface area contributed by atoms with E-state index in [1.54, 1.807) is 11.9 Å². The number of likely N-dealkylation sites (N-methyl/N-ethyl adjacent to an activating group) is 1. The van der Waals surface area contributed by atoms with Crippen LogP contribution in [0.15, 0.2) is 59.6 Å². The van der Waals surface area contributed by atoms with Gasteiger partial charge < -0.3 is 19.5 Å². The average Bonchev–Trinajstić information content (AvgIpc) is 3.26. The SMILES string of the molecule is CCN1CCN(CCCOc2ccc(SNCCCc3c[nH]c4ccccc34)cc2)CC1. The first-order valence-corrected chi connectivity index (χ1v) is 12.8. The second-order valence-corrected chi connectivity index (χ2v) is 9.37. The normalized spacial score (nSPS) is 15.4. The predicted molar refractivity (Wildman–Crippen MR) is 136 cm³/mol. The van der Waals surface area contributed by atoms with Gasteiger partial charge >= 0.3 is 0 Å². The summed E-state index contributed by atoms with van der Waals surface area (Å²) in [5, 5.41) is 1.34. The Balaban J connectivity index is 1.07. The number of hydrogen-bond acceptors (Lipinski definition) is 5. The molecule has 0 spiro atoms. The fourth-order valence-electron chi connectivity index (χ4n) is 4.24. The van der Waals surface area contributed by atoms with E-state index in [1.165, 1.54) is 54.1 Å². The summed E-state index contributed by atoms with van der Waals surface area (Å²) in [6.07, 6.45) is 5.42. The monoisotopic (exact) mass is 452 g/mol. The summed E-state index contributed by atoms with van der Waals surface area (Å²) >= 11 is 1.70. The van der Waals surface area contributed by atoms with Gasteiger partial charge in [0.25, 0.3) is 0 Å². The molecule has 1 saturated heterocycles. The molecule has 0 unspecified atom stereocenters. The van der Waals surface area contributed by atoms with Crippen molar-refractivity contribution >= 4 is 22.9 Å². The highest BCUT2D eigenvalue weighted by Crippen LogP contribution is 2.21. The Bertz CT molecular complexity index is 934. The van der Waals surface area contributed by atoms with Crippen LogP contribution in [0.25, 0.3) is 10.9 Å². The van der Waals surface area contributed by atoms with Crippen LogP contribution in [0.3, 0.4) is 0 Å². The lowest BCUT2D eigenvalue weighted by atomic mass is 10.1. The van der Waals surface area contributed by atoms with Gasteiger partial charge in [0, 0.05) is 61.3 Å². The maximum atomic E-state index is 5.94. The van der Waals surface area contributed by atoms with Crippen LogP contribution in [0.5, 0.6) is 5.75 Å². The van der Waals surface area contributed by atoms with Crippen molar-refractivity contribution in [1.82, 2.24) is 19.5 Å². The Morgan fingerprint density at radius 2 is 1.75 bits per heavy atom. The van der Waals surface area contributed by atoms with Crippen molar-refractivity contribution < 1.29 is 4.74 Å². The highest BCUT2D eigenvalue weighted by atomic mass is 32.2. The number of nitrogens with zero attached hydrogens (tertiary/aromatic N) is 2. The molecular formula is C26H36N4OS. The molecule has 1 aliphatic rings. The van der Waals surface area contributed by atoms with Crippen molar-refractivity contribution in [2.45, 2.75) is 31.1 Å². The van der Waals surface area contributed by atoms with Crippen molar-refractivity contribution in [3.63, 3.8) is 0 Å². The number of fused-ring (bicyclic) bond motifs is 1. The van der Waals surface area contributed by atoms with Crippen LogP contribution in [-0.4, -0.2) is 67.2 Å². The number of aromatic amines is 1. The number of ether oxygens (including phenoxy) is 1. The van der Waals surface area contributed by atoms with E-state index < -0.39 is 0 Å². The minimum Gasteiger partial charge on any atom is -0.494 e. The van der Waals surface area contributed by atoms with Gasteiger partial charge in [-0.2, -0.15) is 0 Å². The van der Waals surface area contributed by atoms with Gasteiger partial charge in [0.05, 0.1) is 6.61 Å². The molecule has 2 N–H and O–H groups in total. The van der Waals surface area contributed by atoms with Gasteiger partial charge in [-0.05, 0) is 73.7 Å². The third kappa shape index (κ3) is 6.75. The average molecular weight is 453 g/mol. The van der Waals surface area contributed by atoms with Gasteiger partial charge in [-0.15, -0.1) is 0 Å². The fraction of sp³-hybridized carbons (Fsp3) is 0.462. The van der Waals surface area contributed by atoms with Gasteiger partial charge in [0.15, 0.2) is 0 Å². The third-order valence-corrected chi connectivity index (χ3v) is 7.07. The number of para-hydroxylation sites is 1. The van der Waals surface area contributed by atoms with Crippen molar-refractivity contribution in [2.24, 2.45) is 0 Å². The largest absolute Gasteiger partial charge is 0.494 e. The standard InChI is InChI=1S/C26H36N4OS/c1-2-29-16-18-30(19-17-29)15-6-20-31-23-10-12-24(13-11-23)32-28-14-5-7-22-21-27-26-9-4-3-8-25(22)26/h3-4,8-13,21,27-28H,2,5-7,14-20H2,1H3. The molecule has 0 aliphatic carbocycles. The molecule has 1 fully saturated rings. The first-order valence-electron chi connectivity index (χ1n) is 11.9. The predicted octanol–water partition coefficient (Wildman–Crippen LogP) is 4.80. The minimum absolute atomic E-state index is 0.784. The van der Waals surface area contributed by atoms with Crippen LogP contribution in [0.2, 0.25) is 0 Å². The number of hydrogen-bond donors (Lipinski definition) is 2. The molecule has 6 heteroatoms. The van der Waals surface area contributed by atoms with Gasteiger partial charge in [-0.1, -0.05) is 25.1 Å². The minimum atomic E-state index is 0.784.